The smallest absolute Gasteiger partial charge is 0.0734 e. The van der Waals surface area contributed by atoms with E-state index in [-0.39, 0.29) is 17.4 Å². The fourth-order valence-corrected chi connectivity index (χ4v) is 3.73. The highest BCUT2D eigenvalue weighted by Gasteiger charge is 2.30. The minimum atomic E-state index is -0.901. The Morgan fingerprint density at radius 2 is 2.20 bits per heavy atom. The second-order valence-electron chi connectivity index (χ2n) is 4.25. The lowest BCUT2D eigenvalue weighted by molar-refractivity contribution is 0.0895. The molecular formula is C10H19NO3S. The van der Waals surface area contributed by atoms with Gasteiger partial charge in [-0.3, -0.25) is 4.21 Å². The summed E-state index contributed by atoms with van der Waals surface area (Å²) in [6.45, 7) is 2.06. The third kappa shape index (κ3) is 3.00. The molecule has 0 radical (unpaired) electrons. The Labute approximate surface area is 93.0 Å². The minimum absolute atomic E-state index is 0.00273. The van der Waals surface area contributed by atoms with E-state index in [1.165, 1.54) is 0 Å². The van der Waals surface area contributed by atoms with Crippen molar-refractivity contribution in [2.75, 3.05) is 25.6 Å². The summed E-state index contributed by atoms with van der Waals surface area (Å²) in [7, 11) is -0.901. The number of ether oxygens (including phenoxy) is 2. The summed E-state index contributed by atoms with van der Waals surface area (Å²) in [5.41, 5.74) is 5.94. The van der Waals surface area contributed by atoms with E-state index in [1.807, 2.05) is 0 Å². The van der Waals surface area contributed by atoms with Gasteiger partial charge in [0, 0.05) is 30.1 Å². The van der Waals surface area contributed by atoms with E-state index >= 15 is 0 Å². The van der Waals surface area contributed by atoms with Crippen LogP contribution in [0.25, 0.3) is 0 Å². The molecule has 2 aliphatic heterocycles. The molecule has 0 saturated carbocycles. The zero-order valence-corrected chi connectivity index (χ0v) is 9.71. The summed E-state index contributed by atoms with van der Waals surface area (Å²) in [6.07, 6.45) is 3.13. The van der Waals surface area contributed by atoms with Crippen LogP contribution in [0.15, 0.2) is 0 Å². The Morgan fingerprint density at radius 1 is 1.33 bits per heavy atom. The van der Waals surface area contributed by atoms with Crippen LogP contribution in [0.3, 0.4) is 0 Å². The molecule has 0 aromatic heterocycles. The molecule has 0 spiro atoms. The van der Waals surface area contributed by atoms with Gasteiger partial charge in [-0.2, -0.15) is 0 Å². The highest BCUT2D eigenvalue weighted by molar-refractivity contribution is 7.85. The molecule has 2 fully saturated rings. The van der Waals surface area contributed by atoms with Crippen LogP contribution < -0.4 is 5.73 Å². The lowest BCUT2D eigenvalue weighted by atomic mass is 10.1. The van der Waals surface area contributed by atoms with Crippen LogP contribution in [0.5, 0.6) is 0 Å². The van der Waals surface area contributed by atoms with Crippen molar-refractivity contribution in [3.63, 3.8) is 0 Å². The zero-order valence-electron chi connectivity index (χ0n) is 8.89. The van der Waals surface area contributed by atoms with E-state index in [1.54, 1.807) is 0 Å². The van der Waals surface area contributed by atoms with Gasteiger partial charge in [0.15, 0.2) is 0 Å². The van der Waals surface area contributed by atoms with Gasteiger partial charge in [0.25, 0.3) is 0 Å². The van der Waals surface area contributed by atoms with E-state index in [4.69, 9.17) is 15.2 Å². The predicted octanol–water partition coefficient (Wildman–Crippen LogP) is 0.0303. The van der Waals surface area contributed by atoms with Crippen molar-refractivity contribution >= 4 is 10.8 Å². The molecule has 0 amide bonds. The lowest BCUT2D eigenvalue weighted by Crippen LogP contribution is -2.47. The SMILES string of the molecule is NC1CCOCC1S(=O)CC1CCCO1. The molecule has 88 valence electrons. The summed E-state index contributed by atoms with van der Waals surface area (Å²) in [5.74, 6) is 0.627. The Balaban J connectivity index is 1.83. The van der Waals surface area contributed by atoms with Gasteiger partial charge in [-0.25, -0.2) is 0 Å². The van der Waals surface area contributed by atoms with Crippen molar-refractivity contribution in [1.82, 2.24) is 0 Å². The number of hydrogen-bond acceptors (Lipinski definition) is 4. The fraction of sp³-hybridized carbons (Fsp3) is 1.00. The Hall–Kier alpha value is 0.0300. The summed E-state index contributed by atoms with van der Waals surface area (Å²) < 4.78 is 22.8. The zero-order chi connectivity index (χ0) is 10.7. The molecule has 0 aliphatic carbocycles. The average molecular weight is 233 g/mol. The van der Waals surface area contributed by atoms with E-state index in [2.05, 4.69) is 0 Å². The second kappa shape index (κ2) is 5.39. The van der Waals surface area contributed by atoms with Crippen molar-refractivity contribution in [2.24, 2.45) is 5.73 Å². The van der Waals surface area contributed by atoms with Gasteiger partial charge in [-0.05, 0) is 19.3 Å². The first kappa shape index (κ1) is 11.5. The van der Waals surface area contributed by atoms with E-state index in [9.17, 15) is 4.21 Å². The second-order valence-corrected chi connectivity index (χ2v) is 5.95. The van der Waals surface area contributed by atoms with Crippen molar-refractivity contribution in [1.29, 1.82) is 0 Å². The summed E-state index contributed by atoms with van der Waals surface area (Å²) >= 11 is 0. The molecular weight excluding hydrogens is 214 g/mol. The standard InChI is InChI=1S/C10H19NO3S/c11-9-3-5-13-6-10(9)15(12)7-8-2-1-4-14-8/h8-10H,1-7,11H2. The average Bonchev–Trinajstić information content (AvgIpc) is 2.71. The Kier molecular flexibility index (Phi) is 4.13. The number of hydrogen-bond donors (Lipinski definition) is 1. The highest BCUT2D eigenvalue weighted by atomic mass is 32.2. The monoisotopic (exact) mass is 233 g/mol. The van der Waals surface area contributed by atoms with Crippen molar-refractivity contribution < 1.29 is 13.7 Å². The molecule has 4 unspecified atom stereocenters. The van der Waals surface area contributed by atoms with Gasteiger partial charge in [0.1, 0.15) is 0 Å². The lowest BCUT2D eigenvalue weighted by Gasteiger charge is -2.28. The van der Waals surface area contributed by atoms with Crippen LogP contribution in [0.4, 0.5) is 0 Å². The van der Waals surface area contributed by atoms with Gasteiger partial charge >= 0.3 is 0 Å². The van der Waals surface area contributed by atoms with Crippen LogP contribution >= 0.6 is 0 Å². The van der Waals surface area contributed by atoms with Crippen LogP contribution in [0.2, 0.25) is 0 Å². The van der Waals surface area contributed by atoms with Crippen molar-refractivity contribution in [3.8, 4) is 0 Å². The topological polar surface area (TPSA) is 61.5 Å². The largest absolute Gasteiger partial charge is 0.380 e. The van der Waals surface area contributed by atoms with Crippen molar-refractivity contribution in [2.45, 2.75) is 36.7 Å². The third-order valence-electron chi connectivity index (χ3n) is 3.07. The van der Waals surface area contributed by atoms with Crippen LogP contribution in [-0.2, 0) is 20.3 Å². The molecule has 4 atom stereocenters. The molecule has 0 bridgehead atoms. The van der Waals surface area contributed by atoms with Gasteiger partial charge in [-0.15, -0.1) is 0 Å². The molecule has 2 saturated heterocycles. The van der Waals surface area contributed by atoms with E-state index < -0.39 is 10.8 Å². The molecule has 15 heavy (non-hydrogen) atoms. The number of nitrogens with two attached hydrogens (primary N) is 1. The molecule has 2 N–H and O–H groups in total. The van der Waals surface area contributed by atoms with Gasteiger partial charge in [0.2, 0.25) is 0 Å². The molecule has 2 rings (SSSR count). The van der Waals surface area contributed by atoms with Gasteiger partial charge in [0.05, 0.1) is 23.7 Å². The first-order valence-electron chi connectivity index (χ1n) is 5.59. The maximum Gasteiger partial charge on any atom is 0.0734 e. The molecule has 2 aliphatic rings. The van der Waals surface area contributed by atoms with E-state index in [0.29, 0.717) is 19.0 Å². The van der Waals surface area contributed by atoms with Gasteiger partial charge < -0.3 is 15.2 Å². The molecule has 4 nitrogen and oxygen atoms in total. The van der Waals surface area contributed by atoms with Crippen LogP contribution in [0, 0.1) is 0 Å². The van der Waals surface area contributed by atoms with Crippen LogP contribution in [0.1, 0.15) is 19.3 Å². The molecule has 5 heteroatoms. The molecule has 0 aromatic carbocycles. The van der Waals surface area contributed by atoms with Gasteiger partial charge in [-0.1, -0.05) is 0 Å². The number of rotatable bonds is 3. The van der Waals surface area contributed by atoms with E-state index in [0.717, 1.165) is 25.9 Å². The Bertz CT molecular complexity index is 231. The first-order valence-corrected chi connectivity index (χ1v) is 6.97. The first-order chi connectivity index (χ1) is 7.27. The third-order valence-corrected chi connectivity index (χ3v) is 4.93. The Morgan fingerprint density at radius 3 is 2.87 bits per heavy atom. The summed E-state index contributed by atoms with van der Waals surface area (Å²) in [6, 6.07) is 0.0287. The predicted molar refractivity (Wildman–Crippen MR) is 59.2 cm³/mol. The molecule has 0 aromatic rings. The van der Waals surface area contributed by atoms with Crippen molar-refractivity contribution in [3.05, 3.63) is 0 Å². The quantitative estimate of drug-likeness (QED) is 0.747. The summed E-state index contributed by atoms with van der Waals surface area (Å²) in [4.78, 5) is 0. The highest BCUT2D eigenvalue weighted by Crippen LogP contribution is 2.17. The fourth-order valence-electron chi connectivity index (χ4n) is 2.08. The summed E-state index contributed by atoms with van der Waals surface area (Å²) in [5, 5.41) is 0.00273. The van der Waals surface area contributed by atoms with Crippen LogP contribution in [-0.4, -0.2) is 47.2 Å². The maximum absolute atomic E-state index is 12.0. The minimum Gasteiger partial charge on any atom is -0.380 e. The molecule has 2 heterocycles. The normalized spacial score (nSPS) is 39.1. The maximum atomic E-state index is 12.0.